The Labute approximate surface area is 109 Å². The van der Waals surface area contributed by atoms with Gasteiger partial charge < -0.3 is 10.0 Å². The maximum atomic E-state index is 12.7. The Balaban J connectivity index is 2.39. The molecular formula is C12H14FNO3S. The topological polar surface area (TPSA) is 57.6 Å². The van der Waals surface area contributed by atoms with E-state index in [-0.39, 0.29) is 23.2 Å². The van der Waals surface area contributed by atoms with Crippen molar-refractivity contribution in [2.24, 2.45) is 0 Å². The molecule has 0 radical (unpaired) electrons. The first-order chi connectivity index (χ1) is 8.49. The summed E-state index contributed by atoms with van der Waals surface area (Å²) in [6.45, 7) is 0.382. The van der Waals surface area contributed by atoms with Gasteiger partial charge in [-0.25, -0.2) is 4.39 Å². The van der Waals surface area contributed by atoms with Crippen LogP contribution in [-0.2, 0) is 16.1 Å². The third-order valence-corrected chi connectivity index (χ3v) is 3.11. The van der Waals surface area contributed by atoms with Gasteiger partial charge in [0.1, 0.15) is 5.82 Å². The molecule has 6 heteroatoms. The Hall–Kier alpha value is -1.56. The van der Waals surface area contributed by atoms with E-state index >= 15 is 0 Å². The van der Waals surface area contributed by atoms with Crippen LogP contribution in [0.2, 0.25) is 0 Å². The summed E-state index contributed by atoms with van der Waals surface area (Å²) in [4.78, 5) is 23.4. The third-order valence-electron chi connectivity index (χ3n) is 2.21. The number of hydrogen-bond donors (Lipinski definition) is 1. The number of benzene rings is 1. The van der Waals surface area contributed by atoms with Crippen LogP contribution >= 0.6 is 11.8 Å². The number of carboxylic acids is 1. The van der Waals surface area contributed by atoms with Crippen molar-refractivity contribution >= 4 is 23.6 Å². The zero-order chi connectivity index (χ0) is 13.5. The van der Waals surface area contributed by atoms with Crippen LogP contribution in [0.25, 0.3) is 0 Å². The number of carbonyl (C=O) groups is 2. The van der Waals surface area contributed by atoms with Crippen LogP contribution in [0.1, 0.15) is 5.56 Å². The van der Waals surface area contributed by atoms with Gasteiger partial charge in [-0.1, -0.05) is 12.1 Å². The van der Waals surface area contributed by atoms with Crippen molar-refractivity contribution in [3.63, 3.8) is 0 Å². The van der Waals surface area contributed by atoms with Crippen LogP contribution in [0.5, 0.6) is 0 Å². The van der Waals surface area contributed by atoms with Crippen LogP contribution in [-0.4, -0.2) is 40.4 Å². The predicted molar refractivity (Wildman–Crippen MR) is 67.8 cm³/mol. The van der Waals surface area contributed by atoms with E-state index in [0.717, 1.165) is 17.3 Å². The van der Waals surface area contributed by atoms with Gasteiger partial charge in [0.25, 0.3) is 0 Å². The van der Waals surface area contributed by atoms with Crippen LogP contribution < -0.4 is 0 Å². The molecule has 0 aliphatic heterocycles. The Morgan fingerprint density at radius 2 is 1.89 bits per heavy atom. The molecule has 0 spiro atoms. The van der Waals surface area contributed by atoms with Crippen molar-refractivity contribution in [1.29, 1.82) is 0 Å². The molecule has 0 atom stereocenters. The zero-order valence-electron chi connectivity index (χ0n) is 9.93. The van der Waals surface area contributed by atoms with E-state index in [2.05, 4.69) is 0 Å². The summed E-state index contributed by atoms with van der Waals surface area (Å²) in [5, 5.41) is 8.44. The summed E-state index contributed by atoms with van der Waals surface area (Å²) in [7, 11) is 1.63. The second kappa shape index (κ2) is 7.00. The van der Waals surface area contributed by atoms with Crippen LogP contribution in [0.3, 0.4) is 0 Å². The molecule has 1 aromatic rings. The number of nitrogens with zero attached hydrogens (tertiary/aromatic N) is 1. The number of amides is 1. The lowest BCUT2D eigenvalue weighted by molar-refractivity contribution is -0.133. The molecule has 1 rings (SSSR count). The minimum atomic E-state index is -0.936. The molecule has 1 aromatic carbocycles. The third kappa shape index (κ3) is 5.18. The Morgan fingerprint density at radius 3 is 2.44 bits per heavy atom. The fourth-order valence-electron chi connectivity index (χ4n) is 1.29. The van der Waals surface area contributed by atoms with E-state index in [0.29, 0.717) is 6.54 Å². The van der Waals surface area contributed by atoms with Crippen molar-refractivity contribution < 1.29 is 19.1 Å². The lowest BCUT2D eigenvalue weighted by atomic mass is 10.2. The molecule has 0 fully saturated rings. The van der Waals surface area contributed by atoms with E-state index in [1.807, 2.05) is 0 Å². The lowest BCUT2D eigenvalue weighted by Crippen LogP contribution is -2.28. The van der Waals surface area contributed by atoms with Crippen molar-refractivity contribution in [3.8, 4) is 0 Å². The summed E-state index contributed by atoms with van der Waals surface area (Å²) < 4.78 is 12.7. The van der Waals surface area contributed by atoms with E-state index in [4.69, 9.17) is 5.11 Å². The van der Waals surface area contributed by atoms with Crippen LogP contribution in [0.4, 0.5) is 4.39 Å². The molecule has 0 unspecified atom stereocenters. The van der Waals surface area contributed by atoms with Crippen molar-refractivity contribution in [2.75, 3.05) is 18.6 Å². The molecule has 18 heavy (non-hydrogen) atoms. The maximum Gasteiger partial charge on any atom is 0.313 e. The quantitative estimate of drug-likeness (QED) is 0.854. The number of thioether (sulfide) groups is 1. The largest absolute Gasteiger partial charge is 0.481 e. The summed E-state index contributed by atoms with van der Waals surface area (Å²) in [6.07, 6.45) is 0. The molecule has 1 amide bonds. The van der Waals surface area contributed by atoms with E-state index in [1.165, 1.54) is 17.0 Å². The molecule has 0 bridgehead atoms. The molecule has 0 aliphatic carbocycles. The SMILES string of the molecule is CN(Cc1ccc(F)cc1)C(=O)CSCC(=O)O. The molecule has 98 valence electrons. The molecule has 1 N–H and O–H groups in total. The average Bonchev–Trinajstić information content (AvgIpc) is 2.31. The Kier molecular flexibility index (Phi) is 5.64. The lowest BCUT2D eigenvalue weighted by Gasteiger charge is -2.16. The highest BCUT2D eigenvalue weighted by molar-refractivity contribution is 8.00. The number of rotatable bonds is 6. The molecule has 0 aliphatic rings. The number of aliphatic carboxylic acids is 1. The normalized spacial score (nSPS) is 10.1. The van der Waals surface area contributed by atoms with E-state index in [9.17, 15) is 14.0 Å². The second-order valence-corrected chi connectivity index (χ2v) is 4.75. The predicted octanol–water partition coefficient (Wildman–Crippen LogP) is 1.60. The highest BCUT2D eigenvalue weighted by Crippen LogP contribution is 2.07. The van der Waals surface area contributed by atoms with Gasteiger partial charge in [0.15, 0.2) is 0 Å². The number of hydrogen-bond acceptors (Lipinski definition) is 3. The minimum absolute atomic E-state index is 0.0872. The summed E-state index contributed by atoms with van der Waals surface area (Å²) in [5.74, 6) is -1.36. The van der Waals surface area contributed by atoms with Gasteiger partial charge in [0, 0.05) is 13.6 Å². The molecular weight excluding hydrogens is 257 g/mol. The number of carbonyl (C=O) groups excluding carboxylic acids is 1. The first kappa shape index (κ1) is 14.5. The summed E-state index contributed by atoms with van der Waals surface area (Å²) >= 11 is 1.06. The molecule has 0 saturated heterocycles. The van der Waals surface area contributed by atoms with Gasteiger partial charge in [-0.2, -0.15) is 0 Å². The fourth-order valence-corrected chi connectivity index (χ4v) is 1.96. The molecule has 0 aromatic heterocycles. The first-order valence-electron chi connectivity index (χ1n) is 5.27. The van der Waals surface area contributed by atoms with Gasteiger partial charge in [0.2, 0.25) is 5.91 Å². The van der Waals surface area contributed by atoms with Crippen molar-refractivity contribution in [1.82, 2.24) is 4.90 Å². The van der Waals surface area contributed by atoms with E-state index in [1.54, 1.807) is 19.2 Å². The smallest absolute Gasteiger partial charge is 0.313 e. The first-order valence-corrected chi connectivity index (χ1v) is 6.42. The summed E-state index contributed by atoms with van der Waals surface area (Å²) in [6, 6.07) is 5.91. The van der Waals surface area contributed by atoms with Gasteiger partial charge in [0.05, 0.1) is 11.5 Å². The summed E-state index contributed by atoms with van der Waals surface area (Å²) in [5.41, 5.74) is 0.829. The van der Waals surface area contributed by atoms with E-state index < -0.39 is 5.97 Å². The highest BCUT2D eigenvalue weighted by atomic mass is 32.2. The molecule has 0 heterocycles. The average molecular weight is 271 g/mol. The maximum absolute atomic E-state index is 12.7. The monoisotopic (exact) mass is 271 g/mol. The molecule has 0 saturated carbocycles. The fraction of sp³-hybridized carbons (Fsp3) is 0.333. The molecule has 4 nitrogen and oxygen atoms in total. The highest BCUT2D eigenvalue weighted by Gasteiger charge is 2.10. The van der Waals surface area contributed by atoms with Gasteiger partial charge in [-0.05, 0) is 17.7 Å². The Morgan fingerprint density at radius 1 is 1.28 bits per heavy atom. The van der Waals surface area contributed by atoms with Crippen molar-refractivity contribution in [3.05, 3.63) is 35.6 Å². The number of carboxylic acid groups (broad SMARTS) is 1. The second-order valence-electron chi connectivity index (χ2n) is 3.76. The van der Waals surface area contributed by atoms with Crippen LogP contribution in [0.15, 0.2) is 24.3 Å². The van der Waals surface area contributed by atoms with Gasteiger partial charge in [-0.3, -0.25) is 9.59 Å². The zero-order valence-corrected chi connectivity index (χ0v) is 10.7. The Bertz CT molecular complexity index is 422. The van der Waals surface area contributed by atoms with Crippen LogP contribution in [0, 0.1) is 5.82 Å². The van der Waals surface area contributed by atoms with Crippen molar-refractivity contribution in [2.45, 2.75) is 6.54 Å². The minimum Gasteiger partial charge on any atom is -0.481 e. The standard InChI is InChI=1S/C12H14FNO3S/c1-14(11(15)7-18-8-12(16)17)6-9-2-4-10(13)5-3-9/h2-5H,6-8H2,1H3,(H,16,17). The van der Waals surface area contributed by atoms with Gasteiger partial charge in [-0.15, -0.1) is 11.8 Å². The number of halogens is 1. The van der Waals surface area contributed by atoms with Gasteiger partial charge >= 0.3 is 5.97 Å².